The molecule has 1 aliphatic rings. The molecule has 0 aromatic heterocycles. The van der Waals surface area contributed by atoms with Crippen molar-refractivity contribution in [3.8, 4) is 0 Å². The second-order valence-corrected chi connectivity index (χ2v) is 14.4. The van der Waals surface area contributed by atoms with E-state index in [9.17, 15) is 5.11 Å². The van der Waals surface area contributed by atoms with Crippen LogP contribution < -0.4 is 0 Å². The van der Waals surface area contributed by atoms with Crippen LogP contribution in [-0.2, 0) is 0 Å². The molecule has 0 atom stereocenters. The lowest BCUT2D eigenvalue weighted by molar-refractivity contribution is 0.0203. The molecule has 1 rings (SSSR count). The Kier molecular flexibility index (Phi) is 9.42. The Morgan fingerprint density at radius 3 is 1.68 bits per heavy atom. The Morgan fingerprint density at radius 1 is 0.909 bits per heavy atom. The van der Waals surface area contributed by atoms with Gasteiger partial charge in [-0.25, -0.2) is 0 Å². The Hall–Kier alpha value is 0.267. The van der Waals surface area contributed by atoms with Gasteiger partial charge in [0.25, 0.3) is 0 Å². The fourth-order valence-electron chi connectivity index (χ4n) is 3.45. The van der Waals surface area contributed by atoms with Crippen molar-refractivity contribution in [2.75, 3.05) is 6.26 Å². The fourth-order valence-corrected chi connectivity index (χ4v) is 6.87. The Labute approximate surface area is 144 Å². The maximum atomic E-state index is 11.1. The summed E-state index contributed by atoms with van der Waals surface area (Å²) >= 11 is 1.90. The molecule has 130 valence electrons. The number of hydrogen-bond donors (Lipinski definition) is 1. The number of aliphatic hydroxyl groups is 1. The van der Waals surface area contributed by atoms with Crippen LogP contribution in [0.15, 0.2) is 10.6 Å². The highest BCUT2D eigenvalue weighted by Gasteiger charge is 2.26. The van der Waals surface area contributed by atoms with E-state index >= 15 is 0 Å². The van der Waals surface area contributed by atoms with Crippen LogP contribution in [0.3, 0.4) is 0 Å². The molecule has 0 radical (unpaired) electrons. The van der Waals surface area contributed by atoms with E-state index in [0.717, 1.165) is 19.3 Å². The van der Waals surface area contributed by atoms with Crippen LogP contribution in [0.4, 0.5) is 0 Å². The van der Waals surface area contributed by atoms with Gasteiger partial charge in [0.1, 0.15) is 0 Å². The van der Waals surface area contributed by atoms with Gasteiger partial charge in [0.2, 0.25) is 0 Å². The SMILES string of the molecule is CS/C(=C\CC1(O)CCCCCCCCCCC1)[Si](C)(C)C. The van der Waals surface area contributed by atoms with Crippen molar-refractivity contribution in [3.63, 3.8) is 0 Å². The largest absolute Gasteiger partial charge is 0.390 e. The number of thioether (sulfide) groups is 1. The normalized spacial score (nSPS) is 22.7. The Morgan fingerprint density at radius 2 is 1.32 bits per heavy atom. The van der Waals surface area contributed by atoms with Crippen LogP contribution in [0.2, 0.25) is 19.6 Å². The Balaban J connectivity index is 2.65. The van der Waals surface area contributed by atoms with Crippen molar-refractivity contribution >= 4 is 19.8 Å². The monoisotopic (exact) mass is 342 g/mol. The van der Waals surface area contributed by atoms with E-state index in [1.54, 1.807) is 4.53 Å². The zero-order valence-corrected chi connectivity index (χ0v) is 17.2. The highest BCUT2D eigenvalue weighted by atomic mass is 32.2. The van der Waals surface area contributed by atoms with Gasteiger partial charge in [-0.05, 0) is 30.0 Å². The van der Waals surface area contributed by atoms with Gasteiger partial charge in [0, 0.05) is 0 Å². The minimum Gasteiger partial charge on any atom is -0.390 e. The summed E-state index contributed by atoms with van der Waals surface area (Å²) in [6.07, 6.45) is 19.4. The van der Waals surface area contributed by atoms with Crippen molar-refractivity contribution in [2.45, 2.75) is 102 Å². The highest BCUT2D eigenvalue weighted by Crippen LogP contribution is 2.31. The summed E-state index contributed by atoms with van der Waals surface area (Å²) in [6.45, 7) is 7.21. The van der Waals surface area contributed by atoms with Gasteiger partial charge in [-0.1, -0.05) is 83.5 Å². The molecule has 1 nitrogen and oxygen atoms in total. The van der Waals surface area contributed by atoms with Gasteiger partial charge in [-0.15, -0.1) is 11.8 Å². The van der Waals surface area contributed by atoms with Crippen molar-refractivity contribution in [3.05, 3.63) is 10.6 Å². The van der Waals surface area contributed by atoms with Crippen LogP contribution in [-0.4, -0.2) is 25.0 Å². The molecule has 1 N–H and O–H groups in total. The van der Waals surface area contributed by atoms with Crippen LogP contribution in [0, 0.1) is 0 Å². The minimum atomic E-state index is -1.25. The second-order valence-electron chi connectivity index (χ2n) is 8.13. The van der Waals surface area contributed by atoms with E-state index in [1.807, 2.05) is 11.8 Å². The molecule has 1 saturated carbocycles. The molecule has 3 heteroatoms. The molecule has 0 aromatic carbocycles. The molecule has 0 bridgehead atoms. The summed E-state index contributed by atoms with van der Waals surface area (Å²) < 4.78 is 1.55. The van der Waals surface area contributed by atoms with E-state index in [-0.39, 0.29) is 0 Å². The first kappa shape index (κ1) is 20.3. The van der Waals surface area contributed by atoms with Gasteiger partial charge in [0.05, 0.1) is 13.7 Å². The summed E-state index contributed by atoms with van der Waals surface area (Å²) in [5.74, 6) is 0. The van der Waals surface area contributed by atoms with E-state index < -0.39 is 13.7 Å². The summed E-state index contributed by atoms with van der Waals surface area (Å²) in [5, 5.41) is 11.1. The molecule has 1 aliphatic carbocycles. The zero-order chi connectivity index (χ0) is 16.5. The molecular weight excluding hydrogens is 304 g/mol. The second kappa shape index (κ2) is 10.2. The molecule has 1 fully saturated rings. The fraction of sp³-hybridized carbons (Fsp3) is 0.895. The third-order valence-electron chi connectivity index (χ3n) is 4.91. The standard InChI is InChI=1S/C19H38OSSi/c1-21-18(22(2,3)4)14-17-19(20)15-12-10-8-6-5-7-9-11-13-16-19/h14,20H,5-13,15-17H2,1-4H3/b18-14+. The van der Waals surface area contributed by atoms with Crippen LogP contribution in [0.25, 0.3) is 0 Å². The zero-order valence-electron chi connectivity index (χ0n) is 15.4. The van der Waals surface area contributed by atoms with Crippen molar-refractivity contribution in [2.24, 2.45) is 0 Å². The van der Waals surface area contributed by atoms with Gasteiger partial charge < -0.3 is 5.11 Å². The summed E-state index contributed by atoms with van der Waals surface area (Å²) in [6, 6.07) is 0. The molecule has 0 aromatic rings. The van der Waals surface area contributed by atoms with E-state index in [1.165, 1.54) is 57.8 Å². The third-order valence-corrected chi connectivity index (χ3v) is 9.65. The lowest BCUT2D eigenvalue weighted by atomic mass is 9.86. The summed E-state index contributed by atoms with van der Waals surface area (Å²) in [7, 11) is -1.25. The van der Waals surface area contributed by atoms with E-state index in [2.05, 4.69) is 32.0 Å². The van der Waals surface area contributed by atoms with Crippen LogP contribution >= 0.6 is 11.8 Å². The molecule has 22 heavy (non-hydrogen) atoms. The lowest BCUT2D eigenvalue weighted by Crippen LogP contribution is -2.29. The summed E-state index contributed by atoms with van der Waals surface area (Å²) in [4.78, 5) is 0. The van der Waals surface area contributed by atoms with Crippen molar-refractivity contribution in [1.82, 2.24) is 0 Å². The molecule has 0 amide bonds. The molecule has 0 saturated heterocycles. The quantitative estimate of drug-likeness (QED) is 0.585. The first-order chi connectivity index (χ1) is 10.4. The van der Waals surface area contributed by atoms with Crippen LogP contribution in [0.5, 0.6) is 0 Å². The molecule has 0 unspecified atom stereocenters. The van der Waals surface area contributed by atoms with E-state index in [4.69, 9.17) is 0 Å². The molecule has 0 spiro atoms. The Bertz CT molecular complexity index is 321. The lowest BCUT2D eigenvalue weighted by Gasteiger charge is -2.29. The minimum absolute atomic E-state index is 0.445. The van der Waals surface area contributed by atoms with Gasteiger partial charge in [-0.3, -0.25) is 0 Å². The topological polar surface area (TPSA) is 20.2 Å². The molecule has 0 aliphatic heterocycles. The smallest absolute Gasteiger partial charge is 0.0853 e. The average Bonchev–Trinajstić information content (AvgIpc) is 2.42. The predicted molar refractivity (Wildman–Crippen MR) is 105 cm³/mol. The summed E-state index contributed by atoms with van der Waals surface area (Å²) in [5.41, 5.74) is -0.445. The number of hydrogen-bond acceptors (Lipinski definition) is 2. The average molecular weight is 343 g/mol. The highest BCUT2D eigenvalue weighted by molar-refractivity contribution is 8.04. The van der Waals surface area contributed by atoms with Crippen molar-refractivity contribution < 1.29 is 5.11 Å². The van der Waals surface area contributed by atoms with E-state index in [0.29, 0.717) is 0 Å². The van der Waals surface area contributed by atoms with Crippen LogP contribution in [0.1, 0.15) is 77.0 Å². The third kappa shape index (κ3) is 8.21. The molecule has 0 heterocycles. The maximum Gasteiger partial charge on any atom is 0.0853 e. The van der Waals surface area contributed by atoms with Gasteiger partial charge >= 0.3 is 0 Å². The first-order valence-corrected chi connectivity index (χ1v) is 14.1. The first-order valence-electron chi connectivity index (χ1n) is 9.34. The number of rotatable bonds is 4. The molecular formula is C19H38OSSi. The van der Waals surface area contributed by atoms with Gasteiger partial charge in [-0.2, -0.15) is 0 Å². The van der Waals surface area contributed by atoms with Crippen molar-refractivity contribution in [1.29, 1.82) is 0 Å². The predicted octanol–water partition coefficient (Wildman–Crippen LogP) is 6.54. The maximum absolute atomic E-state index is 11.1. The van der Waals surface area contributed by atoms with Gasteiger partial charge in [0.15, 0.2) is 0 Å².